The summed E-state index contributed by atoms with van der Waals surface area (Å²) in [5, 5.41) is 17.1. The third-order valence-corrected chi connectivity index (χ3v) is 3.37. The van der Waals surface area contributed by atoms with Crippen molar-refractivity contribution in [2.75, 3.05) is 20.4 Å². The van der Waals surface area contributed by atoms with Gasteiger partial charge in [-0.25, -0.2) is 0 Å². The first-order valence-electron chi connectivity index (χ1n) is 3.30. The minimum absolute atomic E-state index is 0.844. The van der Waals surface area contributed by atoms with Gasteiger partial charge < -0.3 is 19.3 Å². The Labute approximate surface area is 78.0 Å². The Hall–Kier alpha value is -0.140. The molecule has 0 aliphatic carbocycles. The lowest BCUT2D eigenvalue weighted by molar-refractivity contribution is -0.338. The van der Waals surface area contributed by atoms with Gasteiger partial charge in [-0.15, -0.1) is 0 Å². The molecule has 0 spiro atoms. The van der Waals surface area contributed by atoms with Crippen LogP contribution < -0.4 is 0 Å². The molecule has 14 heavy (non-hydrogen) atoms. The SMILES string of the molecule is COP(=O)(CC(O)(O)C(F)(F)F)OC. The van der Waals surface area contributed by atoms with E-state index in [-0.39, 0.29) is 0 Å². The molecule has 0 fully saturated rings. The molecular formula is C5H10F3O5P. The van der Waals surface area contributed by atoms with E-state index in [0.717, 1.165) is 14.2 Å². The van der Waals surface area contributed by atoms with Crippen LogP contribution in [0.15, 0.2) is 0 Å². The normalized spacial score (nSPS) is 14.5. The first kappa shape index (κ1) is 13.9. The maximum Gasteiger partial charge on any atom is 0.443 e. The summed E-state index contributed by atoms with van der Waals surface area (Å²) in [5.41, 5.74) is 0. The quantitative estimate of drug-likeness (QED) is 0.557. The summed E-state index contributed by atoms with van der Waals surface area (Å²) in [6.45, 7) is 0. The van der Waals surface area contributed by atoms with Gasteiger partial charge in [0.25, 0.3) is 5.79 Å². The van der Waals surface area contributed by atoms with Crippen molar-refractivity contribution in [3.8, 4) is 0 Å². The van der Waals surface area contributed by atoms with Crippen molar-refractivity contribution in [1.29, 1.82) is 0 Å². The third-order valence-electron chi connectivity index (χ3n) is 1.42. The van der Waals surface area contributed by atoms with E-state index in [9.17, 15) is 17.7 Å². The second-order valence-electron chi connectivity index (χ2n) is 2.45. The molecule has 0 aromatic carbocycles. The van der Waals surface area contributed by atoms with Crippen LogP contribution in [0.5, 0.6) is 0 Å². The van der Waals surface area contributed by atoms with E-state index in [2.05, 4.69) is 9.05 Å². The largest absolute Gasteiger partial charge is 0.443 e. The Morgan fingerprint density at radius 3 is 1.79 bits per heavy atom. The van der Waals surface area contributed by atoms with E-state index < -0.39 is 25.7 Å². The van der Waals surface area contributed by atoms with Gasteiger partial charge in [0, 0.05) is 14.2 Å². The molecule has 0 radical (unpaired) electrons. The van der Waals surface area contributed by atoms with Gasteiger partial charge in [0.15, 0.2) is 0 Å². The minimum Gasteiger partial charge on any atom is -0.358 e. The summed E-state index contributed by atoms with van der Waals surface area (Å²) in [6, 6.07) is 0. The molecule has 0 aliphatic rings. The smallest absolute Gasteiger partial charge is 0.358 e. The van der Waals surface area contributed by atoms with Crippen LogP contribution in [-0.4, -0.2) is 42.6 Å². The summed E-state index contributed by atoms with van der Waals surface area (Å²) in [5.74, 6) is -4.09. The predicted molar refractivity (Wildman–Crippen MR) is 39.7 cm³/mol. The molecule has 0 aromatic rings. The molecule has 0 saturated heterocycles. The molecule has 0 unspecified atom stereocenters. The van der Waals surface area contributed by atoms with Gasteiger partial charge in [0.05, 0.1) is 0 Å². The minimum atomic E-state index is -5.32. The van der Waals surface area contributed by atoms with Crippen LogP contribution in [0.25, 0.3) is 0 Å². The van der Waals surface area contributed by atoms with Crippen molar-refractivity contribution in [2.24, 2.45) is 0 Å². The fourth-order valence-corrected chi connectivity index (χ4v) is 1.69. The van der Waals surface area contributed by atoms with Crippen molar-refractivity contribution < 1.29 is 37.0 Å². The average molecular weight is 238 g/mol. The van der Waals surface area contributed by atoms with Crippen molar-refractivity contribution in [3.05, 3.63) is 0 Å². The summed E-state index contributed by atoms with van der Waals surface area (Å²) in [4.78, 5) is 0. The van der Waals surface area contributed by atoms with Crippen LogP contribution in [0.3, 0.4) is 0 Å². The van der Waals surface area contributed by atoms with Gasteiger partial charge in [-0.2, -0.15) is 13.2 Å². The van der Waals surface area contributed by atoms with Gasteiger partial charge in [0.2, 0.25) is 0 Å². The molecule has 0 rings (SSSR count). The number of halogens is 3. The van der Waals surface area contributed by atoms with Crippen LogP contribution in [0.4, 0.5) is 13.2 Å². The van der Waals surface area contributed by atoms with E-state index in [0.29, 0.717) is 0 Å². The number of hydrogen-bond acceptors (Lipinski definition) is 5. The van der Waals surface area contributed by atoms with Crippen molar-refractivity contribution in [2.45, 2.75) is 12.0 Å². The van der Waals surface area contributed by atoms with Gasteiger partial charge in [-0.3, -0.25) is 4.57 Å². The Kier molecular flexibility index (Phi) is 4.12. The predicted octanol–water partition coefficient (Wildman–Crippen LogP) is 0.715. The molecule has 0 saturated carbocycles. The van der Waals surface area contributed by atoms with E-state index in [1.807, 2.05) is 0 Å². The summed E-state index contributed by atoms with van der Waals surface area (Å²) >= 11 is 0. The van der Waals surface area contributed by atoms with Gasteiger partial charge in [0.1, 0.15) is 6.16 Å². The monoisotopic (exact) mass is 238 g/mol. The van der Waals surface area contributed by atoms with Crippen molar-refractivity contribution in [3.63, 3.8) is 0 Å². The highest BCUT2D eigenvalue weighted by Crippen LogP contribution is 2.51. The molecule has 0 atom stereocenters. The van der Waals surface area contributed by atoms with Crippen molar-refractivity contribution in [1.82, 2.24) is 0 Å². The fraction of sp³-hybridized carbons (Fsp3) is 1.00. The van der Waals surface area contributed by atoms with E-state index in [1.54, 1.807) is 0 Å². The molecule has 86 valence electrons. The first-order valence-corrected chi connectivity index (χ1v) is 5.03. The molecule has 0 heterocycles. The molecule has 9 heteroatoms. The molecule has 0 amide bonds. The van der Waals surface area contributed by atoms with Crippen molar-refractivity contribution >= 4 is 7.60 Å². The molecule has 0 aliphatic heterocycles. The summed E-state index contributed by atoms with van der Waals surface area (Å²) in [7, 11) is -2.43. The zero-order valence-corrected chi connectivity index (χ0v) is 8.30. The maximum atomic E-state index is 11.9. The van der Waals surface area contributed by atoms with Crippen LogP contribution in [0.2, 0.25) is 0 Å². The number of alkyl halides is 3. The Balaban J connectivity index is 4.74. The zero-order chi connectivity index (χ0) is 11.6. The lowest BCUT2D eigenvalue weighted by atomic mass is 10.3. The highest BCUT2D eigenvalue weighted by molar-refractivity contribution is 7.53. The Morgan fingerprint density at radius 2 is 1.57 bits per heavy atom. The Bertz CT molecular complexity index is 230. The van der Waals surface area contributed by atoms with Crippen LogP contribution >= 0.6 is 7.60 Å². The van der Waals surface area contributed by atoms with Crippen LogP contribution in [-0.2, 0) is 13.6 Å². The van der Waals surface area contributed by atoms with Gasteiger partial charge in [-0.1, -0.05) is 0 Å². The topological polar surface area (TPSA) is 76.0 Å². The Morgan fingerprint density at radius 1 is 1.21 bits per heavy atom. The average Bonchev–Trinajstić information content (AvgIpc) is 2.01. The van der Waals surface area contributed by atoms with Crippen LogP contribution in [0, 0.1) is 0 Å². The highest BCUT2D eigenvalue weighted by atomic mass is 31.2. The summed E-state index contributed by atoms with van der Waals surface area (Å²) in [6.07, 6.45) is -6.89. The lowest BCUT2D eigenvalue weighted by Gasteiger charge is -2.26. The van der Waals surface area contributed by atoms with Gasteiger partial charge >= 0.3 is 13.8 Å². The highest BCUT2D eigenvalue weighted by Gasteiger charge is 2.56. The molecular weight excluding hydrogens is 228 g/mol. The number of aliphatic hydroxyl groups is 2. The third kappa shape index (κ3) is 3.21. The van der Waals surface area contributed by atoms with E-state index >= 15 is 0 Å². The van der Waals surface area contributed by atoms with E-state index in [1.165, 1.54) is 0 Å². The summed E-state index contributed by atoms with van der Waals surface area (Å²) < 4.78 is 55.1. The van der Waals surface area contributed by atoms with Crippen LogP contribution in [0.1, 0.15) is 0 Å². The van der Waals surface area contributed by atoms with Gasteiger partial charge in [-0.05, 0) is 0 Å². The maximum absolute atomic E-state index is 11.9. The standard InChI is InChI=1S/C5H10F3O5P/c1-12-14(11,13-2)3-4(9,10)5(6,7)8/h9-10H,3H2,1-2H3. The second kappa shape index (κ2) is 4.16. The first-order chi connectivity index (χ1) is 6.08. The second-order valence-corrected chi connectivity index (χ2v) is 4.72. The molecule has 0 aromatic heterocycles. The lowest BCUT2D eigenvalue weighted by Crippen LogP contribution is -2.48. The zero-order valence-electron chi connectivity index (χ0n) is 7.41. The number of rotatable bonds is 4. The number of hydrogen-bond donors (Lipinski definition) is 2. The molecule has 2 N–H and O–H groups in total. The molecule has 0 bridgehead atoms. The molecule has 5 nitrogen and oxygen atoms in total. The fourth-order valence-electron chi connectivity index (χ4n) is 0.563. The van der Waals surface area contributed by atoms with E-state index in [4.69, 9.17) is 10.2 Å².